The molecule has 4 rings (SSSR count). The van der Waals surface area contributed by atoms with Gasteiger partial charge in [-0.1, -0.05) is 30.3 Å². The van der Waals surface area contributed by atoms with E-state index in [1.165, 1.54) is 0 Å². The van der Waals surface area contributed by atoms with Crippen LogP contribution in [0.15, 0.2) is 78.9 Å². The molecule has 0 fully saturated rings. The summed E-state index contributed by atoms with van der Waals surface area (Å²) in [5.74, 6) is 1.56. The highest BCUT2D eigenvalue weighted by molar-refractivity contribution is 5.93. The average Bonchev–Trinajstić information content (AvgIpc) is 3.27. The quantitative estimate of drug-likeness (QED) is 0.314. The summed E-state index contributed by atoms with van der Waals surface area (Å²) in [7, 11) is 1.63. The lowest BCUT2D eigenvalue weighted by atomic mass is 10.2. The number of anilines is 1. The van der Waals surface area contributed by atoms with Gasteiger partial charge in [-0.3, -0.25) is 10.0 Å². The average molecular weight is 415 g/mol. The molecule has 0 unspecified atom stereocenters. The molecule has 156 valence electrons. The first-order valence-electron chi connectivity index (χ1n) is 9.62. The van der Waals surface area contributed by atoms with Crippen molar-refractivity contribution in [1.82, 2.24) is 20.2 Å². The second-order valence-electron chi connectivity index (χ2n) is 6.70. The number of hydrogen-bond donors (Lipinski definition) is 3. The Bertz CT molecular complexity index is 1160. The minimum Gasteiger partial charge on any atom is -0.497 e. The van der Waals surface area contributed by atoms with Gasteiger partial charge in [-0.25, -0.2) is 15.1 Å². The molecular weight excluding hydrogens is 394 g/mol. The standard InChI is InChI=1S/C23H21N5O3/c1-31-20-13-11-19(12-14-20)28-21(25-22(26-28)16-5-3-2-4-6-16)15-24-18-9-7-17(8-10-18)23(29)27-30/h2-14,24,30H,15H2,1H3,(H,27,29). The summed E-state index contributed by atoms with van der Waals surface area (Å²) >= 11 is 0. The lowest BCUT2D eigenvalue weighted by molar-refractivity contribution is 0.0706. The van der Waals surface area contributed by atoms with Gasteiger partial charge in [-0.15, -0.1) is 5.10 Å². The summed E-state index contributed by atoms with van der Waals surface area (Å²) in [6.07, 6.45) is 0. The van der Waals surface area contributed by atoms with E-state index in [-0.39, 0.29) is 0 Å². The molecule has 0 aliphatic rings. The van der Waals surface area contributed by atoms with Gasteiger partial charge in [0.05, 0.1) is 19.3 Å². The lowest BCUT2D eigenvalue weighted by Crippen LogP contribution is -2.18. The number of methoxy groups -OCH3 is 1. The third kappa shape index (κ3) is 4.54. The second-order valence-corrected chi connectivity index (χ2v) is 6.70. The number of benzene rings is 3. The van der Waals surface area contributed by atoms with Crippen LogP contribution in [0, 0.1) is 0 Å². The predicted octanol–water partition coefficient (Wildman–Crippen LogP) is 3.67. The van der Waals surface area contributed by atoms with Crippen molar-refractivity contribution in [2.45, 2.75) is 6.54 Å². The highest BCUT2D eigenvalue weighted by Gasteiger charge is 2.13. The third-order valence-corrected chi connectivity index (χ3v) is 4.72. The van der Waals surface area contributed by atoms with Crippen LogP contribution >= 0.6 is 0 Å². The van der Waals surface area contributed by atoms with E-state index in [4.69, 9.17) is 20.0 Å². The molecule has 0 radical (unpaired) electrons. The van der Waals surface area contributed by atoms with Crippen molar-refractivity contribution in [2.75, 3.05) is 12.4 Å². The molecule has 8 heteroatoms. The first-order valence-corrected chi connectivity index (χ1v) is 9.62. The number of carbonyl (C=O) groups is 1. The van der Waals surface area contributed by atoms with E-state index in [9.17, 15) is 4.79 Å². The van der Waals surface area contributed by atoms with Gasteiger partial charge in [-0.05, 0) is 48.5 Å². The number of ether oxygens (including phenoxy) is 1. The van der Waals surface area contributed by atoms with Gasteiger partial charge in [0.2, 0.25) is 0 Å². The molecule has 8 nitrogen and oxygen atoms in total. The van der Waals surface area contributed by atoms with E-state index in [1.807, 2.05) is 54.6 Å². The normalized spacial score (nSPS) is 10.5. The predicted molar refractivity (Wildman–Crippen MR) is 116 cm³/mol. The van der Waals surface area contributed by atoms with Crippen LogP contribution in [0.4, 0.5) is 5.69 Å². The monoisotopic (exact) mass is 415 g/mol. The van der Waals surface area contributed by atoms with Gasteiger partial charge in [-0.2, -0.15) is 0 Å². The van der Waals surface area contributed by atoms with Crippen LogP contribution in [-0.2, 0) is 6.54 Å². The molecule has 0 atom stereocenters. The zero-order valence-corrected chi connectivity index (χ0v) is 16.8. The summed E-state index contributed by atoms with van der Waals surface area (Å²) in [6.45, 7) is 0.414. The Balaban J connectivity index is 1.61. The Kier molecular flexibility index (Phi) is 5.91. The summed E-state index contributed by atoms with van der Waals surface area (Å²) in [4.78, 5) is 16.2. The minimum absolute atomic E-state index is 0.362. The van der Waals surface area contributed by atoms with E-state index >= 15 is 0 Å². The van der Waals surface area contributed by atoms with Gasteiger partial charge < -0.3 is 10.1 Å². The number of nitrogens with zero attached hydrogens (tertiary/aromatic N) is 3. The first-order chi connectivity index (χ1) is 15.2. The molecule has 0 bridgehead atoms. The fourth-order valence-electron chi connectivity index (χ4n) is 3.08. The maximum atomic E-state index is 11.5. The highest BCUT2D eigenvalue weighted by Crippen LogP contribution is 2.21. The van der Waals surface area contributed by atoms with Crippen molar-refractivity contribution in [3.8, 4) is 22.8 Å². The summed E-state index contributed by atoms with van der Waals surface area (Å²) in [5.41, 5.74) is 4.58. The Morgan fingerprint density at radius 3 is 2.35 bits per heavy atom. The zero-order valence-electron chi connectivity index (χ0n) is 16.8. The summed E-state index contributed by atoms with van der Waals surface area (Å²) in [5, 5.41) is 16.7. The van der Waals surface area contributed by atoms with Crippen molar-refractivity contribution in [3.05, 3.63) is 90.3 Å². The largest absolute Gasteiger partial charge is 0.497 e. The smallest absolute Gasteiger partial charge is 0.274 e. The van der Waals surface area contributed by atoms with Gasteiger partial charge >= 0.3 is 0 Å². The molecule has 3 N–H and O–H groups in total. The van der Waals surface area contributed by atoms with Crippen LogP contribution in [0.3, 0.4) is 0 Å². The van der Waals surface area contributed by atoms with Crippen molar-refractivity contribution >= 4 is 11.6 Å². The molecule has 1 aromatic heterocycles. The van der Waals surface area contributed by atoms with E-state index in [0.717, 1.165) is 28.5 Å². The summed E-state index contributed by atoms with van der Waals surface area (Å²) in [6, 6.07) is 24.2. The SMILES string of the molecule is COc1ccc(-n2nc(-c3ccccc3)nc2CNc2ccc(C(=O)NO)cc2)cc1. The fraction of sp³-hybridized carbons (Fsp3) is 0.0870. The van der Waals surface area contributed by atoms with Crippen LogP contribution < -0.4 is 15.5 Å². The van der Waals surface area contributed by atoms with Crippen LogP contribution in [0.1, 0.15) is 16.2 Å². The molecule has 1 amide bonds. The number of rotatable bonds is 7. The Morgan fingerprint density at radius 1 is 1.00 bits per heavy atom. The number of hydroxylamine groups is 1. The maximum Gasteiger partial charge on any atom is 0.274 e. The van der Waals surface area contributed by atoms with Gasteiger partial charge in [0, 0.05) is 16.8 Å². The number of carbonyl (C=O) groups excluding carboxylic acids is 1. The molecule has 0 aliphatic carbocycles. The number of amides is 1. The van der Waals surface area contributed by atoms with Crippen molar-refractivity contribution < 1.29 is 14.7 Å². The zero-order chi connectivity index (χ0) is 21.6. The molecule has 4 aromatic rings. The van der Waals surface area contributed by atoms with Crippen molar-refractivity contribution in [1.29, 1.82) is 0 Å². The molecule has 0 aliphatic heterocycles. The van der Waals surface area contributed by atoms with Crippen molar-refractivity contribution in [2.24, 2.45) is 0 Å². The van der Waals surface area contributed by atoms with Crippen LogP contribution in [-0.4, -0.2) is 33.0 Å². The molecule has 0 saturated heterocycles. The molecule has 0 saturated carbocycles. The van der Waals surface area contributed by atoms with Crippen LogP contribution in [0.25, 0.3) is 17.1 Å². The van der Waals surface area contributed by atoms with E-state index < -0.39 is 5.91 Å². The van der Waals surface area contributed by atoms with Gasteiger partial charge in [0.25, 0.3) is 5.91 Å². The molecular formula is C23H21N5O3. The van der Waals surface area contributed by atoms with Crippen molar-refractivity contribution in [3.63, 3.8) is 0 Å². The molecule has 3 aromatic carbocycles. The van der Waals surface area contributed by atoms with E-state index in [0.29, 0.717) is 17.9 Å². The van der Waals surface area contributed by atoms with Gasteiger partial charge in [0.15, 0.2) is 11.6 Å². The topological polar surface area (TPSA) is 101 Å². The third-order valence-electron chi connectivity index (χ3n) is 4.72. The minimum atomic E-state index is -0.557. The Morgan fingerprint density at radius 2 is 1.71 bits per heavy atom. The van der Waals surface area contributed by atoms with E-state index in [1.54, 1.807) is 41.5 Å². The first kappa shape index (κ1) is 20.1. The Labute approximate surface area is 179 Å². The number of hydrogen-bond acceptors (Lipinski definition) is 6. The number of nitrogens with one attached hydrogen (secondary N) is 2. The molecule has 31 heavy (non-hydrogen) atoms. The Hall–Kier alpha value is -4.17. The fourth-order valence-corrected chi connectivity index (χ4v) is 3.08. The molecule has 1 heterocycles. The summed E-state index contributed by atoms with van der Waals surface area (Å²) < 4.78 is 7.04. The highest BCUT2D eigenvalue weighted by atomic mass is 16.5. The second kappa shape index (κ2) is 9.10. The van der Waals surface area contributed by atoms with Crippen LogP contribution in [0.5, 0.6) is 5.75 Å². The van der Waals surface area contributed by atoms with Crippen LogP contribution in [0.2, 0.25) is 0 Å². The van der Waals surface area contributed by atoms with E-state index in [2.05, 4.69) is 5.32 Å². The van der Waals surface area contributed by atoms with Gasteiger partial charge in [0.1, 0.15) is 5.75 Å². The lowest BCUT2D eigenvalue weighted by Gasteiger charge is -2.09. The molecule has 0 spiro atoms. The maximum absolute atomic E-state index is 11.5. The number of aromatic nitrogens is 3.